The second-order valence-electron chi connectivity index (χ2n) is 9.02. The average Bonchev–Trinajstić information content (AvgIpc) is 3.48. The largest absolute Gasteiger partial charge is 0.507 e. The average molecular weight is 516 g/mol. The molecule has 0 spiro atoms. The molecule has 2 heterocycles. The summed E-state index contributed by atoms with van der Waals surface area (Å²) < 4.78 is 22.1. The molecule has 1 aromatic heterocycles. The van der Waals surface area contributed by atoms with Crippen LogP contribution in [-0.2, 0) is 6.54 Å². The maximum atomic E-state index is 13.8. The van der Waals surface area contributed by atoms with Gasteiger partial charge >= 0.3 is 0 Å². The molecule has 0 saturated carbocycles. The number of nitrogens with zero attached hydrogens (tertiary/aromatic N) is 2. The molecule has 38 heavy (non-hydrogen) atoms. The van der Waals surface area contributed by atoms with Crippen molar-refractivity contribution < 1.29 is 28.8 Å². The molecule has 0 radical (unpaired) electrons. The smallest absolute Gasteiger partial charge is 0.273 e. The Balaban J connectivity index is 1.70. The number of aromatic amines is 1. The summed E-state index contributed by atoms with van der Waals surface area (Å²) in [6.45, 7) is 2.26. The molecule has 196 valence electrons. The first-order valence-corrected chi connectivity index (χ1v) is 12.0. The minimum absolute atomic E-state index is 0.0783. The van der Waals surface area contributed by atoms with Crippen LogP contribution in [0.25, 0.3) is 11.3 Å². The number of amides is 1. The summed E-state index contributed by atoms with van der Waals surface area (Å²) in [5.74, 6) is 1.99. The van der Waals surface area contributed by atoms with E-state index in [-0.39, 0.29) is 11.7 Å². The number of hydrogen-bond acceptors (Lipinski definition) is 7. The summed E-state index contributed by atoms with van der Waals surface area (Å²) in [7, 11) is 6.26. The molecular weight excluding hydrogens is 486 g/mol. The molecule has 0 fully saturated rings. The van der Waals surface area contributed by atoms with Crippen LogP contribution in [-0.4, -0.2) is 54.6 Å². The van der Waals surface area contributed by atoms with Gasteiger partial charge < -0.3 is 29.0 Å². The van der Waals surface area contributed by atoms with Crippen LogP contribution < -0.4 is 18.9 Å². The van der Waals surface area contributed by atoms with E-state index in [4.69, 9.17) is 18.9 Å². The number of rotatable bonds is 8. The van der Waals surface area contributed by atoms with E-state index in [0.717, 1.165) is 22.4 Å². The predicted octanol–water partition coefficient (Wildman–Crippen LogP) is 4.87. The van der Waals surface area contributed by atoms with Gasteiger partial charge in [0.05, 0.1) is 34.5 Å². The third kappa shape index (κ3) is 4.15. The van der Waals surface area contributed by atoms with Crippen molar-refractivity contribution in [3.63, 3.8) is 0 Å². The number of phenolic OH excluding ortho intramolecular Hbond substituents is 1. The number of hydrogen-bond donors (Lipinski definition) is 2. The molecule has 0 saturated heterocycles. The number of aryl methyl sites for hydroxylation is 1. The first-order chi connectivity index (χ1) is 18.4. The molecule has 0 aliphatic carbocycles. The summed E-state index contributed by atoms with van der Waals surface area (Å²) in [6.07, 6.45) is 0. The van der Waals surface area contributed by atoms with Crippen molar-refractivity contribution in [3.05, 3.63) is 82.5 Å². The van der Waals surface area contributed by atoms with Crippen LogP contribution in [0.1, 0.15) is 38.8 Å². The number of nitrogens with one attached hydrogen (secondary N) is 1. The van der Waals surface area contributed by atoms with Crippen molar-refractivity contribution >= 4 is 5.91 Å². The van der Waals surface area contributed by atoms with Gasteiger partial charge in [-0.05, 0) is 54.4 Å². The number of aromatic hydroxyl groups is 1. The maximum absolute atomic E-state index is 13.8. The first kappa shape index (κ1) is 25.0. The van der Waals surface area contributed by atoms with Crippen LogP contribution in [0, 0.1) is 6.92 Å². The third-order valence-electron chi connectivity index (χ3n) is 6.79. The van der Waals surface area contributed by atoms with E-state index in [2.05, 4.69) is 10.2 Å². The van der Waals surface area contributed by atoms with Crippen LogP contribution in [0.3, 0.4) is 0 Å². The number of H-pyrrole nitrogens is 1. The minimum atomic E-state index is -0.554. The summed E-state index contributed by atoms with van der Waals surface area (Å²) in [4.78, 5) is 15.6. The van der Waals surface area contributed by atoms with Gasteiger partial charge in [0, 0.05) is 17.7 Å². The van der Waals surface area contributed by atoms with E-state index in [0.29, 0.717) is 46.3 Å². The molecule has 9 heteroatoms. The van der Waals surface area contributed by atoms with Crippen LogP contribution in [0.4, 0.5) is 0 Å². The fourth-order valence-electron chi connectivity index (χ4n) is 4.94. The molecule has 5 rings (SSSR count). The number of methoxy groups -OCH3 is 4. The lowest BCUT2D eigenvalue weighted by molar-refractivity contribution is 0.0729. The number of carbonyl (C=O) groups is 1. The van der Waals surface area contributed by atoms with Crippen molar-refractivity contribution in [1.29, 1.82) is 0 Å². The summed E-state index contributed by atoms with van der Waals surface area (Å²) in [6, 6.07) is 16.0. The van der Waals surface area contributed by atoms with Gasteiger partial charge in [-0.1, -0.05) is 23.8 Å². The zero-order valence-electron chi connectivity index (χ0n) is 21.9. The molecule has 1 atom stereocenters. The molecule has 1 amide bonds. The Morgan fingerprint density at radius 2 is 1.61 bits per heavy atom. The van der Waals surface area contributed by atoms with Crippen molar-refractivity contribution in [3.8, 4) is 40.0 Å². The van der Waals surface area contributed by atoms with E-state index in [1.54, 1.807) is 39.4 Å². The molecule has 2 N–H and O–H groups in total. The van der Waals surface area contributed by atoms with Crippen molar-refractivity contribution in [2.24, 2.45) is 0 Å². The second-order valence-corrected chi connectivity index (χ2v) is 9.02. The van der Waals surface area contributed by atoms with Gasteiger partial charge in [0.2, 0.25) is 5.75 Å². The Morgan fingerprint density at radius 3 is 2.21 bits per heavy atom. The van der Waals surface area contributed by atoms with Crippen LogP contribution in [0.2, 0.25) is 0 Å². The number of phenols is 1. The molecule has 9 nitrogen and oxygen atoms in total. The van der Waals surface area contributed by atoms with Gasteiger partial charge in [0.15, 0.2) is 11.5 Å². The molecule has 0 unspecified atom stereocenters. The fraction of sp³-hybridized carbons (Fsp3) is 0.241. The number of fused-ring (bicyclic) bond motifs is 1. The number of ether oxygens (including phenoxy) is 4. The lowest BCUT2D eigenvalue weighted by Gasteiger charge is -2.27. The van der Waals surface area contributed by atoms with Crippen molar-refractivity contribution in [2.75, 3.05) is 28.4 Å². The molecule has 1 aliphatic heterocycles. The summed E-state index contributed by atoms with van der Waals surface area (Å²) in [5, 5.41) is 18.1. The van der Waals surface area contributed by atoms with E-state index in [1.807, 2.05) is 55.5 Å². The molecule has 0 bridgehead atoms. The highest BCUT2D eigenvalue weighted by molar-refractivity contribution is 6.00. The zero-order chi connectivity index (χ0) is 27.0. The van der Waals surface area contributed by atoms with Gasteiger partial charge in [-0.15, -0.1) is 0 Å². The van der Waals surface area contributed by atoms with E-state index < -0.39 is 6.04 Å². The highest BCUT2D eigenvalue weighted by Crippen LogP contribution is 2.48. The van der Waals surface area contributed by atoms with Gasteiger partial charge in [0.25, 0.3) is 5.91 Å². The fourth-order valence-corrected chi connectivity index (χ4v) is 4.94. The Labute approximate surface area is 220 Å². The van der Waals surface area contributed by atoms with Crippen LogP contribution in [0.5, 0.6) is 28.7 Å². The Bertz CT molecular complexity index is 1470. The molecule has 1 aliphatic rings. The van der Waals surface area contributed by atoms with Gasteiger partial charge in [-0.3, -0.25) is 9.89 Å². The van der Waals surface area contributed by atoms with Gasteiger partial charge in [-0.2, -0.15) is 5.10 Å². The highest BCUT2D eigenvalue weighted by Gasteiger charge is 2.43. The minimum Gasteiger partial charge on any atom is -0.507 e. The van der Waals surface area contributed by atoms with Crippen LogP contribution in [0.15, 0.2) is 54.6 Å². The Hall–Kier alpha value is -4.66. The predicted molar refractivity (Wildman–Crippen MR) is 141 cm³/mol. The number of aromatic nitrogens is 2. The lowest BCUT2D eigenvalue weighted by atomic mass is 9.94. The first-order valence-electron chi connectivity index (χ1n) is 12.0. The summed E-state index contributed by atoms with van der Waals surface area (Å²) in [5.41, 5.74) is 4.71. The SMILES string of the molecule is COc1ccc(CN2C(=O)c3[nH]nc(-c4cc(C)ccc4O)c3[C@H]2c2cc(OC)c(OC)c(OC)c2)cc1. The van der Waals surface area contributed by atoms with Crippen LogP contribution >= 0.6 is 0 Å². The monoisotopic (exact) mass is 515 g/mol. The van der Waals surface area contributed by atoms with E-state index in [9.17, 15) is 9.90 Å². The zero-order valence-corrected chi connectivity index (χ0v) is 21.9. The standard InChI is InChI=1S/C29H29N3O6/c1-16-6-11-21(33)20(12-16)25-24-26(31-30-25)29(34)32(15-17-7-9-19(35-2)10-8-17)27(24)18-13-22(36-3)28(38-5)23(14-18)37-4/h6-14,27,33H,15H2,1-5H3,(H,30,31)/t27-/m1/s1. The van der Waals surface area contributed by atoms with E-state index in [1.165, 1.54) is 0 Å². The highest BCUT2D eigenvalue weighted by atomic mass is 16.5. The van der Waals surface area contributed by atoms with Crippen molar-refractivity contribution in [1.82, 2.24) is 15.1 Å². The van der Waals surface area contributed by atoms with Gasteiger partial charge in [-0.25, -0.2) is 0 Å². The second kappa shape index (κ2) is 10.0. The topological polar surface area (TPSA) is 106 Å². The molecule has 4 aromatic rings. The Morgan fingerprint density at radius 1 is 0.921 bits per heavy atom. The van der Waals surface area contributed by atoms with Crippen molar-refractivity contribution in [2.45, 2.75) is 19.5 Å². The Kier molecular flexibility index (Phi) is 6.59. The summed E-state index contributed by atoms with van der Waals surface area (Å²) >= 11 is 0. The quantitative estimate of drug-likeness (QED) is 0.345. The number of benzene rings is 3. The number of carbonyl (C=O) groups excluding carboxylic acids is 1. The normalized spacial score (nSPS) is 14.4. The molecular formula is C29H29N3O6. The third-order valence-corrected chi connectivity index (χ3v) is 6.79. The lowest BCUT2D eigenvalue weighted by Crippen LogP contribution is -2.29. The van der Waals surface area contributed by atoms with E-state index >= 15 is 0 Å². The van der Waals surface area contributed by atoms with Gasteiger partial charge in [0.1, 0.15) is 22.9 Å². The maximum Gasteiger partial charge on any atom is 0.273 e. The molecule has 3 aromatic carbocycles.